The van der Waals surface area contributed by atoms with E-state index < -0.39 is 0 Å². The first-order chi connectivity index (χ1) is 10.3. The summed E-state index contributed by atoms with van der Waals surface area (Å²) >= 11 is 5.96. The topological polar surface area (TPSA) is 12.0 Å². The number of halogens is 1. The molecule has 0 aliphatic rings. The van der Waals surface area contributed by atoms with Gasteiger partial charge in [-0.25, -0.2) is 0 Å². The molecular weight excluding hydrogens is 278 g/mol. The molecular formula is C19H18ClN. The minimum absolute atomic E-state index is 0.295. The molecule has 0 heterocycles. The number of fused-ring (bicyclic) bond motifs is 1. The first kappa shape index (κ1) is 14.1. The SMILES string of the molecule is CNC(Cc1ccc2ccccc2c1)c1ccc(Cl)cc1. The molecule has 0 radical (unpaired) electrons. The molecule has 2 heteroatoms. The lowest BCUT2D eigenvalue weighted by molar-refractivity contribution is 0.592. The monoisotopic (exact) mass is 295 g/mol. The first-order valence-electron chi connectivity index (χ1n) is 7.16. The second-order valence-electron chi connectivity index (χ2n) is 5.28. The van der Waals surface area contributed by atoms with Gasteiger partial charge in [0.2, 0.25) is 0 Å². The summed E-state index contributed by atoms with van der Waals surface area (Å²) in [7, 11) is 2.00. The summed E-state index contributed by atoms with van der Waals surface area (Å²) < 4.78 is 0. The van der Waals surface area contributed by atoms with Crippen LogP contribution in [0.5, 0.6) is 0 Å². The van der Waals surface area contributed by atoms with E-state index in [0.29, 0.717) is 6.04 Å². The zero-order valence-corrected chi connectivity index (χ0v) is 12.8. The Labute approximate surface area is 130 Å². The van der Waals surface area contributed by atoms with Gasteiger partial charge in [0.15, 0.2) is 0 Å². The maximum atomic E-state index is 5.96. The minimum atomic E-state index is 0.295. The Bertz CT molecular complexity index is 734. The second kappa shape index (κ2) is 6.30. The van der Waals surface area contributed by atoms with Crippen molar-refractivity contribution in [1.82, 2.24) is 5.32 Å². The van der Waals surface area contributed by atoms with Crippen LogP contribution in [0.15, 0.2) is 66.7 Å². The molecule has 0 saturated carbocycles. The standard InChI is InChI=1S/C19H18ClN/c1-21-19(16-8-10-18(20)11-9-16)13-14-6-7-15-4-2-3-5-17(15)12-14/h2-12,19,21H,13H2,1H3. The summed E-state index contributed by atoms with van der Waals surface area (Å²) in [6, 6.07) is 23.5. The van der Waals surface area contributed by atoms with Crippen LogP contribution < -0.4 is 5.32 Å². The van der Waals surface area contributed by atoms with E-state index in [1.807, 2.05) is 19.2 Å². The highest BCUT2D eigenvalue weighted by Gasteiger charge is 2.10. The molecule has 1 atom stereocenters. The highest BCUT2D eigenvalue weighted by molar-refractivity contribution is 6.30. The number of rotatable bonds is 4. The molecule has 0 aliphatic heterocycles. The molecule has 0 aliphatic carbocycles. The molecule has 3 aromatic rings. The quantitative estimate of drug-likeness (QED) is 0.714. The Morgan fingerprint density at radius 2 is 1.62 bits per heavy atom. The maximum Gasteiger partial charge on any atom is 0.0406 e. The van der Waals surface area contributed by atoms with Crippen molar-refractivity contribution in [2.45, 2.75) is 12.5 Å². The van der Waals surface area contributed by atoms with E-state index in [4.69, 9.17) is 11.6 Å². The van der Waals surface area contributed by atoms with E-state index in [2.05, 4.69) is 59.9 Å². The summed E-state index contributed by atoms with van der Waals surface area (Å²) in [5.74, 6) is 0. The number of likely N-dealkylation sites (N-methyl/N-ethyl adjacent to an activating group) is 1. The Hall–Kier alpha value is -1.83. The third-order valence-electron chi connectivity index (χ3n) is 3.87. The molecule has 0 spiro atoms. The van der Waals surface area contributed by atoms with Gasteiger partial charge in [-0.1, -0.05) is 66.2 Å². The normalized spacial score (nSPS) is 12.5. The lowest BCUT2D eigenvalue weighted by atomic mass is 9.97. The van der Waals surface area contributed by atoms with Crippen molar-refractivity contribution in [3.05, 3.63) is 82.9 Å². The zero-order valence-electron chi connectivity index (χ0n) is 12.0. The maximum absolute atomic E-state index is 5.96. The molecule has 21 heavy (non-hydrogen) atoms. The number of hydrogen-bond donors (Lipinski definition) is 1. The summed E-state index contributed by atoms with van der Waals surface area (Å²) in [5.41, 5.74) is 2.60. The Morgan fingerprint density at radius 3 is 2.33 bits per heavy atom. The summed E-state index contributed by atoms with van der Waals surface area (Å²) in [4.78, 5) is 0. The van der Waals surface area contributed by atoms with Crippen molar-refractivity contribution in [2.24, 2.45) is 0 Å². The lowest BCUT2D eigenvalue weighted by Gasteiger charge is -2.17. The van der Waals surface area contributed by atoms with Crippen molar-refractivity contribution >= 4 is 22.4 Å². The lowest BCUT2D eigenvalue weighted by Crippen LogP contribution is -2.18. The highest BCUT2D eigenvalue weighted by Crippen LogP contribution is 2.22. The summed E-state index contributed by atoms with van der Waals surface area (Å²) in [5, 5.41) is 6.75. The van der Waals surface area contributed by atoms with Crippen LogP contribution in [0.4, 0.5) is 0 Å². The van der Waals surface area contributed by atoms with Gasteiger partial charge in [0.05, 0.1) is 0 Å². The van der Waals surface area contributed by atoms with Gasteiger partial charge in [0.1, 0.15) is 0 Å². The number of benzene rings is 3. The van der Waals surface area contributed by atoms with Crippen molar-refractivity contribution in [1.29, 1.82) is 0 Å². The molecule has 1 N–H and O–H groups in total. The molecule has 0 fully saturated rings. The predicted molar refractivity (Wildman–Crippen MR) is 90.9 cm³/mol. The van der Waals surface area contributed by atoms with Crippen LogP contribution >= 0.6 is 11.6 Å². The van der Waals surface area contributed by atoms with E-state index in [1.165, 1.54) is 21.9 Å². The Balaban J connectivity index is 1.86. The highest BCUT2D eigenvalue weighted by atomic mass is 35.5. The van der Waals surface area contributed by atoms with Gasteiger partial charge in [0.25, 0.3) is 0 Å². The van der Waals surface area contributed by atoms with Crippen molar-refractivity contribution in [2.75, 3.05) is 7.05 Å². The minimum Gasteiger partial charge on any atom is -0.313 e. The van der Waals surface area contributed by atoms with Gasteiger partial charge in [-0.15, -0.1) is 0 Å². The Kier molecular flexibility index (Phi) is 4.23. The fraction of sp³-hybridized carbons (Fsp3) is 0.158. The van der Waals surface area contributed by atoms with E-state index >= 15 is 0 Å². The van der Waals surface area contributed by atoms with Crippen LogP contribution in [-0.2, 0) is 6.42 Å². The molecule has 1 nitrogen and oxygen atoms in total. The van der Waals surface area contributed by atoms with Crippen LogP contribution in [0.1, 0.15) is 17.2 Å². The van der Waals surface area contributed by atoms with Crippen LogP contribution in [-0.4, -0.2) is 7.05 Å². The molecule has 0 amide bonds. The fourth-order valence-corrected chi connectivity index (χ4v) is 2.81. The van der Waals surface area contributed by atoms with Gasteiger partial charge in [0, 0.05) is 11.1 Å². The summed E-state index contributed by atoms with van der Waals surface area (Å²) in [6.07, 6.45) is 0.961. The first-order valence-corrected chi connectivity index (χ1v) is 7.54. The Morgan fingerprint density at radius 1 is 0.905 bits per heavy atom. The van der Waals surface area contributed by atoms with Crippen LogP contribution in [0.2, 0.25) is 5.02 Å². The molecule has 0 aromatic heterocycles. The van der Waals surface area contributed by atoms with Crippen LogP contribution in [0, 0.1) is 0 Å². The van der Waals surface area contributed by atoms with Crippen LogP contribution in [0.3, 0.4) is 0 Å². The second-order valence-corrected chi connectivity index (χ2v) is 5.71. The molecule has 3 rings (SSSR count). The predicted octanol–water partition coefficient (Wildman–Crippen LogP) is 5.00. The van der Waals surface area contributed by atoms with Gasteiger partial charge < -0.3 is 5.32 Å². The van der Waals surface area contributed by atoms with Crippen molar-refractivity contribution in [3.8, 4) is 0 Å². The largest absolute Gasteiger partial charge is 0.313 e. The van der Waals surface area contributed by atoms with Crippen molar-refractivity contribution in [3.63, 3.8) is 0 Å². The zero-order chi connectivity index (χ0) is 14.7. The van der Waals surface area contributed by atoms with Gasteiger partial charge in [-0.05, 0) is 47.5 Å². The molecule has 0 saturated heterocycles. The van der Waals surface area contributed by atoms with E-state index in [-0.39, 0.29) is 0 Å². The summed E-state index contributed by atoms with van der Waals surface area (Å²) in [6.45, 7) is 0. The van der Waals surface area contributed by atoms with Gasteiger partial charge in [-0.2, -0.15) is 0 Å². The third kappa shape index (κ3) is 3.26. The van der Waals surface area contributed by atoms with Gasteiger partial charge in [-0.3, -0.25) is 0 Å². The van der Waals surface area contributed by atoms with E-state index in [9.17, 15) is 0 Å². The average Bonchev–Trinajstić information content (AvgIpc) is 2.53. The average molecular weight is 296 g/mol. The van der Waals surface area contributed by atoms with Gasteiger partial charge >= 0.3 is 0 Å². The smallest absolute Gasteiger partial charge is 0.0406 e. The number of hydrogen-bond acceptors (Lipinski definition) is 1. The number of nitrogens with one attached hydrogen (secondary N) is 1. The molecule has 106 valence electrons. The van der Waals surface area contributed by atoms with E-state index in [1.54, 1.807) is 0 Å². The molecule has 3 aromatic carbocycles. The fourth-order valence-electron chi connectivity index (χ4n) is 2.68. The van der Waals surface area contributed by atoms with Crippen LogP contribution in [0.25, 0.3) is 10.8 Å². The van der Waals surface area contributed by atoms with E-state index in [0.717, 1.165) is 11.4 Å². The molecule has 0 bridgehead atoms. The third-order valence-corrected chi connectivity index (χ3v) is 4.13. The van der Waals surface area contributed by atoms with Crippen molar-refractivity contribution < 1.29 is 0 Å². The molecule has 1 unspecified atom stereocenters.